The Balaban J connectivity index is 1.81. The summed E-state index contributed by atoms with van der Waals surface area (Å²) in [6.45, 7) is 1.57. The Kier molecular flexibility index (Phi) is 4.35. The molecule has 0 saturated carbocycles. The van der Waals surface area contributed by atoms with Crippen molar-refractivity contribution in [1.29, 1.82) is 5.26 Å². The highest BCUT2D eigenvalue weighted by atomic mass is 16.5. The number of carbonyl (C=O) groups excluding carboxylic acids is 1. The molecule has 2 aromatic heterocycles. The summed E-state index contributed by atoms with van der Waals surface area (Å²) in [5, 5.41) is 25.5. The molecule has 7 heteroatoms. The molecule has 0 aliphatic rings. The molecule has 1 amide bonds. The van der Waals surface area contributed by atoms with Crippen LogP contribution in [0.5, 0.6) is 0 Å². The van der Waals surface area contributed by atoms with Crippen molar-refractivity contribution in [3.63, 3.8) is 0 Å². The van der Waals surface area contributed by atoms with Gasteiger partial charge in [0.05, 0.1) is 11.8 Å². The van der Waals surface area contributed by atoms with Crippen molar-refractivity contribution < 1.29 is 14.4 Å². The Morgan fingerprint density at radius 2 is 1.96 bits per heavy atom. The van der Waals surface area contributed by atoms with E-state index < -0.39 is 17.2 Å². The minimum Gasteiger partial charge on any atom is -0.506 e. The number of aliphatic hydroxyl groups excluding tert-OH is 1. The Bertz CT molecular complexity index is 961. The number of nitrogens with one attached hydrogen (secondary N) is 1. The van der Waals surface area contributed by atoms with Crippen molar-refractivity contribution in [2.45, 2.75) is 6.92 Å². The number of carbonyl (C=O) groups is 1. The van der Waals surface area contributed by atoms with E-state index in [9.17, 15) is 15.2 Å². The summed E-state index contributed by atoms with van der Waals surface area (Å²) >= 11 is 0. The van der Waals surface area contributed by atoms with Gasteiger partial charge in [0, 0.05) is 23.8 Å². The van der Waals surface area contributed by atoms with Gasteiger partial charge in [-0.15, -0.1) is 0 Å². The topological polar surface area (TPSA) is 104 Å². The fourth-order valence-corrected chi connectivity index (χ4v) is 2.29. The molecule has 0 aliphatic heterocycles. The van der Waals surface area contributed by atoms with Gasteiger partial charge in [0.15, 0.2) is 11.3 Å². The summed E-state index contributed by atoms with van der Waals surface area (Å²) in [7, 11) is 0. The summed E-state index contributed by atoms with van der Waals surface area (Å²) in [4.78, 5) is 12.3. The van der Waals surface area contributed by atoms with Crippen LogP contribution < -0.4 is 5.32 Å². The number of hydrogen-bond acceptors (Lipinski definition) is 5. The molecule has 0 saturated heterocycles. The Morgan fingerprint density at radius 3 is 2.52 bits per heavy atom. The van der Waals surface area contributed by atoms with E-state index in [1.165, 1.54) is 6.20 Å². The van der Waals surface area contributed by atoms with Gasteiger partial charge in [-0.1, -0.05) is 5.16 Å². The first kappa shape index (κ1) is 16.1. The van der Waals surface area contributed by atoms with E-state index in [1.54, 1.807) is 25.1 Å². The Hall–Kier alpha value is -3.79. The van der Waals surface area contributed by atoms with E-state index in [0.29, 0.717) is 11.4 Å². The van der Waals surface area contributed by atoms with Crippen LogP contribution in [0.3, 0.4) is 0 Å². The predicted molar refractivity (Wildman–Crippen MR) is 90.8 cm³/mol. The third kappa shape index (κ3) is 3.28. The first-order valence-electron chi connectivity index (χ1n) is 7.40. The number of aromatic nitrogens is 2. The molecule has 0 unspecified atom stereocenters. The van der Waals surface area contributed by atoms with Crippen LogP contribution in [0.25, 0.3) is 11.4 Å². The molecule has 0 fully saturated rings. The fraction of sp³-hybridized carbons (Fsp3) is 0.0556. The van der Waals surface area contributed by atoms with Crippen LogP contribution in [0.4, 0.5) is 5.69 Å². The van der Waals surface area contributed by atoms with E-state index in [-0.39, 0.29) is 5.56 Å². The van der Waals surface area contributed by atoms with Crippen molar-refractivity contribution >= 4 is 17.4 Å². The van der Waals surface area contributed by atoms with Crippen molar-refractivity contribution in [1.82, 2.24) is 9.72 Å². The monoisotopic (exact) mass is 334 g/mol. The molecule has 0 aliphatic carbocycles. The Morgan fingerprint density at radius 1 is 1.28 bits per heavy atom. The standard InChI is InChI=1S/C18H14N4O3/c1-12-16(11-20-25-12)17(23)15(10-19)18(24)21-13-4-6-14(7-5-13)22-8-2-3-9-22/h2-9,11,23H,1H3,(H,21,24)/b17-15-. The second-order valence-electron chi connectivity index (χ2n) is 5.22. The number of amides is 1. The second-order valence-corrected chi connectivity index (χ2v) is 5.22. The molecular weight excluding hydrogens is 320 g/mol. The zero-order valence-electron chi connectivity index (χ0n) is 13.3. The van der Waals surface area contributed by atoms with Crippen LogP contribution in [0, 0.1) is 18.3 Å². The van der Waals surface area contributed by atoms with E-state index in [1.807, 2.05) is 41.2 Å². The number of benzene rings is 1. The zero-order chi connectivity index (χ0) is 17.8. The van der Waals surface area contributed by atoms with Crippen molar-refractivity contribution in [2.24, 2.45) is 0 Å². The van der Waals surface area contributed by atoms with Gasteiger partial charge in [0.2, 0.25) is 0 Å². The maximum absolute atomic E-state index is 12.3. The zero-order valence-corrected chi connectivity index (χ0v) is 13.3. The van der Waals surface area contributed by atoms with Gasteiger partial charge >= 0.3 is 0 Å². The number of aliphatic hydroxyl groups is 1. The van der Waals surface area contributed by atoms with E-state index in [2.05, 4.69) is 10.5 Å². The largest absolute Gasteiger partial charge is 0.506 e. The quantitative estimate of drug-likeness (QED) is 0.433. The van der Waals surface area contributed by atoms with Crippen LogP contribution >= 0.6 is 0 Å². The van der Waals surface area contributed by atoms with Gasteiger partial charge in [-0.3, -0.25) is 4.79 Å². The molecule has 7 nitrogen and oxygen atoms in total. The third-order valence-corrected chi connectivity index (χ3v) is 3.61. The lowest BCUT2D eigenvalue weighted by Crippen LogP contribution is -2.15. The normalized spacial score (nSPS) is 11.5. The second kappa shape index (κ2) is 6.76. The maximum Gasteiger partial charge on any atom is 0.270 e. The minimum absolute atomic E-state index is 0.203. The molecule has 0 atom stereocenters. The first-order valence-corrected chi connectivity index (χ1v) is 7.40. The van der Waals surface area contributed by atoms with Crippen molar-refractivity contribution in [3.8, 4) is 11.8 Å². The van der Waals surface area contributed by atoms with E-state index >= 15 is 0 Å². The molecule has 25 heavy (non-hydrogen) atoms. The van der Waals surface area contributed by atoms with Gasteiger partial charge in [0.25, 0.3) is 5.91 Å². The number of nitriles is 1. The van der Waals surface area contributed by atoms with Gasteiger partial charge in [-0.25, -0.2) is 0 Å². The molecule has 3 aromatic rings. The summed E-state index contributed by atoms with van der Waals surface area (Å²) in [6.07, 6.45) is 5.06. The maximum atomic E-state index is 12.3. The minimum atomic E-state index is -0.714. The molecule has 124 valence electrons. The molecular formula is C18H14N4O3. The lowest BCUT2D eigenvalue weighted by molar-refractivity contribution is -0.112. The average Bonchev–Trinajstić information content (AvgIpc) is 3.27. The third-order valence-electron chi connectivity index (χ3n) is 3.61. The number of hydrogen-bond donors (Lipinski definition) is 2. The van der Waals surface area contributed by atoms with Crippen molar-refractivity contribution in [2.75, 3.05) is 5.32 Å². The molecule has 2 heterocycles. The van der Waals surface area contributed by atoms with Crippen LogP contribution in [0.2, 0.25) is 0 Å². The molecule has 1 aromatic carbocycles. The van der Waals surface area contributed by atoms with Gasteiger partial charge in [-0.05, 0) is 43.3 Å². The number of anilines is 1. The molecule has 0 spiro atoms. The van der Waals surface area contributed by atoms with Gasteiger partial charge in [0.1, 0.15) is 11.8 Å². The average molecular weight is 334 g/mol. The lowest BCUT2D eigenvalue weighted by Gasteiger charge is -2.08. The van der Waals surface area contributed by atoms with Crippen LogP contribution in [-0.2, 0) is 4.79 Å². The van der Waals surface area contributed by atoms with E-state index in [0.717, 1.165) is 5.69 Å². The smallest absolute Gasteiger partial charge is 0.270 e. The summed E-state index contributed by atoms with van der Waals surface area (Å²) in [5.74, 6) is -0.869. The molecule has 3 rings (SSSR count). The predicted octanol–water partition coefficient (Wildman–Crippen LogP) is 3.21. The summed E-state index contributed by atoms with van der Waals surface area (Å²) < 4.78 is 6.76. The molecule has 0 bridgehead atoms. The van der Waals surface area contributed by atoms with Crippen molar-refractivity contribution in [3.05, 3.63) is 71.9 Å². The van der Waals surface area contributed by atoms with Gasteiger partial charge in [-0.2, -0.15) is 5.26 Å². The van der Waals surface area contributed by atoms with Crippen LogP contribution in [0.1, 0.15) is 11.3 Å². The highest BCUT2D eigenvalue weighted by Crippen LogP contribution is 2.21. The SMILES string of the molecule is Cc1oncc1/C(O)=C(\C#N)C(=O)Nc1ccc(-n2cccc2)cc1. The lowest BCUT2D eigenvalue weighted by atomic mass is 10.1. The number of rotatable bonds is 4. The van der Waals surface area contributed by atoms with E-state index in [4.69, 9.17) is 4.52 Å². The highest BCUT2D eigenvalue weighted by Gasteiger charge is 2.19. The van der Waals surface area contributed by atoms with Crippen LogP contribution in [-0.4, -0.2) is 20.7 Å². The van der Waals surface area contributed by atoms with Gasteiger partial charge < -0.3 is 19.5 Å². The highest BCUT2D eigenvalue weighted by molar-refractivity contribution is 6.11. The summed E-state index contributed by atoms with van der Waals surface area (Å²) in [5.41, 5.74) is 1.22. The Labute approximate surface area is 143 Å². The van der Waals surface area contributed by atoms with Crippen LogP contribution in [0.15, 0.2) is 65.1 Å². The summed E-state index contributed by atoms with van der Waals surface area (Å²) in [6, 6.07) is 12.6. The number of aryl methyl sites for hydroxylation is 1. The fourth-order valence-electron chi connectivity index (χ4n) is 2.29. The molecule has 0 radical (unpaired) electrons. The number of nitrogens with zero attached hydrogens (tertiary/aromatic N) is 3. The molecule has 2 N–H and O–H groups in total. The first-order chi connectivity index (χ1) is 12.1.